The molecule has 1 aliphatic heterocycles. The molecule has 0 aliphatic carbocycles. The third-order valence-electron chi connectivity index (χ3n) is 4.28. The number of rotatable bonds is 1. The molecule has 6 nitrogen and oxygen atoms in total. The fourth-order valence-corrected chi connectivity index (χ4v) is 3.00. The highest BCUT2D eigenvalue weighted by Crippen LogP contribution is 2.48. The van der Waals surface area contributed by atoms with E-state index >= 15 is 0 Å². The SMILES string of the molecule is COc1ccc2oc3c(O)c4c(c(O)c3c(=O)c2c1)C=CC(C)(C)O4. The Balaban J connectivity index is 2.17. The third kappa shape index (κ3) is 2.14. The summed E-state index contributed by atoms with van der Waals surface area (Å²) in [5.41, 5.74) is -0.693. The van der Waals surface area contributed by atoms with Gasteiger partial charge in [-0.2, -0.15) is 0 Å². The normalized spacial score (nSPS) is 15.2. The van der Waals surface area contributed by atoms with Crippen molar-refractivity contribution >= 4 is 28.0 Å². The molecule has 0 amide bonds. The Labute approximate surface area is 142 Å². The van der Waals surface area contributed by atoms with Gasteiger partial charge < -0.3 is 24.1 Å². The summed E-state index contributed by atoms with van der Waals surface area (Å²) in [6, 6.07) is 4.76. The summed E-state index contributed by atoms with van der Waals surface area (Å²) < 4.78 is 16.6. The molecule has 0 saturated heterocycles. The van der Waals surface area contributed by atoms with Gasteiger partial charge in [-0.25, -0.2) is 0 Å². The molecule has 2 heterocycles. The number of fused-ring (bicyclic) bond motifs is 3. The second-order valence-corrected chi connectivity index (χ2v) is 6.48. The minimum atomic E-state index is -0.658. The number of hydrogen-bond acceptors (Lipinski definition) is 6. The van der Waals surface area contributed by atoms with Gasteiger partial charge in [-0.1, -0.05) is 0 Å². The molecule has 1 aliphatic rings. The molecule has 6 heteroatoms. The van der Waals surface area contributed by atoms with Crippen LogP contribution in [0, 0.1) is 0 Å². The van der Waals surface area contributed by atoms with Crippen LogP contribution in [0.2, 0.25) is 0 Å². The highest BCUT2D eigenvalue weighted by molar-refractivity contribution is 6.00. The maximum atomic E-state index is 12.9. The average Bonchev–Trinajstić information content (AvgIpc) is 2.58. The van der Waals surface area contributed by atoms with Crippen LogP contribution in [0.1, 0.15) is 19.4 Å². The first-order valence-corrected chi connectivity index (χ1v) is 7.73. The van der Waals surface area contributed by atoms with E-state index in [-0.39, 0.29) is 44.8 Å². The van der Waals surface area contributed by atoms with E-state index in [4.69, 9.17) is 13.9 Å². The monoisotopic (exact) mass is 340 g/mol. The molecule has 4 rings (SSSR count). The van der Waals surface area contributed by atoms with E-state index in [0.29, 0.717) is 5.75 Å². The van der Waals surface area contributed by atoms with Crippen molar-refractivity contribution in [2.75, 3.05) is 7.11 Å². The largest absolute Gasteiger partial charge is 0.506 e. The van der Waals surface area contributed by atoms with Crippen LogP contribution in [0.4, 0.5) is 0 Å². The lowest BCUT2D eigenvalue weighted by Crippen LogP contribution is -2.27. The van der Waals surface area contributed by atoms with Crippen molar-refractivity contribution in [2.24, 2.45) is 0 Å². The molecule has 0 fully saturated rings. The smallest absolute Gasteiger partial charge is 0.204 e. The second-order valence-electron chi connectivity index (χ2n) is 6.48. The summed E-state index contributed by atoms with van der Waals surface area (Å²) in [6.45, 7) is 3.63. The Morgan fingerprint density at radius 1 is 1.16 bits per heavy atom. The summed E-state index contributed by atoms with van der Waals surface area (Å²) >= 11 is 0. The van der Waals surface area contributed by atoms with Crippen molar-refractivity contribution in [3.63, 3.8) is 0 Å². The first-order chi connectivity index (χ1) is 11.8. The van der Waals surface area contributed by atoms with Crippen LogP contribution >= 0.6 is 0 Å². The maximum Gasteiger partial charge on any atom is 0.204 e. The van der Waals surface area contributed by atoms with Gasteiger partial charge in [-0.05, 0) is 44.2 Å². The highest BCUT2D eigenvalue weighted by atomic mass is 16.5. The molecule has 2 N–H and O–H groups in total. The predicted octanol–water partition coefficient (Wildman–Crippen LogP) is 3.55. The third-order valence-corrected chi connectivity index (χ3v) is 4.28. The molecular weight excluding hydrogens is 324 g/mol. The number of phenolic OH excluding ortho intramolecular Hbond substituents is 2. The molecule has 25 heavy (non-hydrogen) atoms. The molecule has 1 aromatic heterocycles. The van der Waals surface area contributed by atoms with Gasteiger partial charge in [0.2, 0.25) is 11.2 Å². The molecule has 3 aromatic rings. The van der Waals surface area contributed by atoms with Gasteiger partial charge in [0.25, 0.3) is 0 Å². The zero-order chi connectivity index (χ0) is 17.9. The summed E-state index contributed by atoms with van der Waals surface area (Å²) in [5, 5.41) is 21.4. The van der Waals surface area contributed by atoms with E-state index in [2.05, 4.69) is 0 Å². The van der Waals surface area contributed by atoms with E-state index in [1.54, 1.807) is 24.3 Å². The number of hydrogen-bond donors (Lipinski definition) is 2. The Morgan fingerprint density at radius 3 is 2.64 bits per heavy atom. The van der Waals surface area contributed by atoms with Crippen LogP contribution in [0.15, 0.2) is 33.5 Å². The summed E-state index contributed by atoms with van der Waals surface area (Å²) in [4.78, 5) is 12.9. The van der Waals surface area contributed by atoms with Gasteiger partial charge in [0.1, 0.15) is 28.1 Å². The number of methoxy groups -OCH3 is 1. The lowest BCUT2D eigenvalue weighted by atomic mass is 9.98. The standard InChI is InChI=1S/C19H16O6/c1-19(2)7-6-10-14(20)13-15(21)11-8-9(23-3)4-5-12(11)24-18(13)16(22)17(10)25-19/h4-8,20,22H,1-3H3. The van der Waals surface area contributed by atoms with Crippen molar-refractivity contribution in [2.45, 2.75) is 19.4 Å². The first kappa shape index (κ1) is 15.4. The summed E-state index contributed by atoms with van der Waals surface area (Å²) in [5.74, 6) is -0.0117. The molecule has 0 bridgehead atoms. The van der Waals surface area contributed by atoms with Crippen LogP contribution in [-0.4, -0.2) is 22.9 Å². The number of aromatic hydroxyl groups is 2. The molecule has 0 spiro atoms. The van der Waals surface area contributed by atoms with Crippen LogP contribution < -0.4 is 14.9 Å². The number of ether oxygens (including phenoxy) is 2. The maximum absolute atomic E-state index is 12.9. The summed E-state index contributed by atoms with van der Waals surface area (Å²) in [7, 11) is 1.49. The van der Waals surface area contributed by atoms with E-state index in [1.807, 2.05) is 13.8 Å². The van der Waals surface area contributed by atoms with Crippen molar-refractivity contribution in [3.05, 3.63) is 40.1 Å². The predicted molar refractivity (Wildman–Crippen MR) is 93.6 cm³/mol. The molecule has 0 unspecified atom stereocenters. The zero-order valence-electron chi connectivity index (χ0n) is 13.9. The zero-order valence-corrected chi connectivity index (χ0v) is 13.9. The minimum Gasteiger partial charge on any atom is -0.506 e. The minimum absolute atomic E-state index is 0.0912. The molecule has 0 saturated carbocycles. The fraction of sp³-hybridized carbons (Fsp3) is 0.211. The van der Waals surface area contributed by atoms with Crippen LogP contribution in [0.25, 0.3) is 28.0 Å². The van der Waals surface area contributed by atoms with Crippen LogP contribution in [-0.2, 0) is 0 Å². The fourth-order valence-electron chi connectivity index (χ4n) is 3.00. The van der Waals surface area contributed by atoms with Gasteiger partial charge >= 0.3 is 0 Å². The Morgan fingerprint density at radius 2 is 1.92 bits per heavy atom. The number of benzene rings is 2. The van der Waals surface area contributed by atoms with Crippen molar-refractivity contribution in [1.29, 1.82) is 0 Å². The van der Waals surface area contributed by atoms with Crippen molar-refractivity contribution < 1.29 is 24.1 Å². The van der Waals surface area contributed by atoms with Crippen LogP contribution in [0.5, 0.6) is 23.0 Å². The quantitative estimate of drug-likeness (QED) is 0.520. The van der Waals surface area contributed by atoms with Gasteiger partial charge in [0, 0.05) is 0 Å². The summed E-state index contributed by atoms with van der Waals surface area (Å²) in [6.07, 6.45) is 3.37. The highest BCUT2D eigenvalue weighted by Gasteiger charge is 2.30. The Bertz CT molecular complexity index is 1120. The van der Waals surface area contributed by atoms with Gasteiger partial charge in [0.15, 0.2) is 11.3 Å². The Kier molecular flexibility index (Phi) is 3.03. The second kappa shape index (κ2) is 4.92. The average molecular weight is 340 g/mol. The topological polar surface area (TPSA) is 89.1 Å². The molecule has 0 radical (unpaired) electrons. The lowest BCUT2D eigenvalue weighted by Gasteiger charge is -2.28. The van der Waals surface area contributed by atoms with Crippen molar-refractivity contribution in [1.82, 2.24) is 0 Å². The molecule has 128 valence electrons. The van der Waals surface area contributed by atoms with E-state index in [1.165, 1.54) is 13.2 Å². The van der Waals surface area contributed by atoms with E-state index in [9.17, 15) is 15.0 Å². The van der Waals surface area contributed by atoms with Crippen molar-refractivity contribution in [3.8, 4) is 23.0 Å². The van der Waals surface area contributed by atoms with Gasteiger partial charge in [-0.3, -0.25) is 4.79 Å². The molecule has 0 atom stereocenters. The molecular formula is C19H16O6. The number of phenols is 2. The van der Waals surface area contributed by atoms with Gasteiger partial charge in [0.05, 0.1) is 18.1 Å². The lowest BCUT2D eigenvalue weighted by molar-refractivity contribution is 0.152. The van der Waals surface area contributed by atoms with E-state index < -0.39 is 11.0 Å². The van der Waals surface area contributed by atoms with Crippen LogP contribution in [0.3, 0.4) is 0 Å². The van der Waals surface area contributed by atoms with E-state index in [0.717, 1.165) is 0 Å². The molecule has 2 aromatic carbocycles. The Hall–Kier alpha value is -3.15. The van der Waals surface area contributed by atoms with Gasteiger partial charge in [-0.15, -0.1) is 0 Å². The first-order valence-electron chi connectivity index (χ1n) is 7.73.